The van der Waals surface area contributed by atoms with Crippen molar-refractivity contribution < 1.29 is 37.0 Å². The molecule has 1 aliphatic heterocycles. The van der Waals surface area contributed by atoms with Crippen molar-refractivity contribution >= 4 is 34.5 Å². The Bertz CT molecular complexity index is 1820. The van der Waals surface area contributed by atoms with E-state index in [1.807, 2.05) is 38.5 Å². The maximum Gasteiger partial charge on any atom is 0.416 e. The predicted molar refractivity (Wildman–Crippen MR) is 170 cm³/mol. The van der Waals surface area contributed by atoms with E-state index in [9.17, 15) is 27.6 Å². The summed E-state index contributed by atoms with van der Waals surface area (Å²) in [5, 5.41) is 0.788. The van der Waals surface area contributed by atoms with Crippen LogP contribution in [0.5, 0.6) is 11.6 Å². The number of anilines is 1. The molecule has 4 aromatic rings. The van der Waals surface area contributed by atoms with Crippen LogP contribution in [0.2, 0.25) is 0 Å². The number of hydrogen-bond acceptors (Lipinski definition) is 6. The zero-order chi connectivity index (χ0) is 34.3. The van der Waals surface area contributed by atoms with E-state index in [-0.39, 0.29) is 23.4 Å². The van der Waals surface area contributed by atoms with Crippen LogP contribution in [0, 0.1) is 6.92 Å². The number of aromatic nitrogens is 2. The summed E-state index contributed by atoms with van der Waals surface area (Å²) in [5.41, 5.74) is 1.15. The minimum absolute atomic E-state index is 0.109. The molecule has 1 saturated heterocycles. The van der Waals surface area contributed by atoms with Gasteiger partial charge in [-0.15, -0.1) is 0 Å². The molecular weight excluding hydrogens is 615 g/mol. The number of amides is 3. The average Bonchev–Trinajstić information content (AvgIpc) is 3.34. The average molecular weight is 652 g/mol. The normalized spacial score (nSPS) is 13.9. The topological polar surface area (TPSA) is 97.2 Å². The van der Waals surface area contributed by atoms with Crippen LogP contribution in [0.3, 0.4) is 0 Å². The maximum atomic E-state index is 13.4. The van der Waals surface area contributed by atoms with Crippen molar-refractivity contribution in [2.24, 2.45) is 7.05 Å². The van der Waals surface area contributed by atoms with Crippen molar-refractivity contribution in [3.63, 3.8) is 0 Å². The van der Waals surface area contributed by atoms with Crippen molar-refractivity contribution in [1.29, 1.82) is 0 Å². The van der Waals surface area contributed by atoms with E-state index in [1.54, 1.807) is 41.0 Å². The Labute approximate surface area is 270 Å². The van der Waals surface area contributed by atoms with Crippen LogP contribution < -0.4 is 9.64 Å². The van der Waals surface area contributed by atoms with Crippen molar-refractivity contribution in [1.82, 2.24) is 19.4 Å². The van der Waals surface area contributed by atoms with Crippen LogP contribution in [-0.2, 0) is 18.0 Å². The van der Waals surface area contributed by atoms with E-state index < -0.39 is 23.2 Å². The van der Waals surface area contributed by atoms with Gasteiger partial charge in [0.25, 0.3) is 11.8 Å². The molecule has 3 heterocycles. The molecule has 13 heteroatoms. The number of hydrogen-bond donors (Lipinski definition) is 0. The van der Waals surface area contributed by atoms with Gasteiger partial charge in [0.2, 0.25) is 5.88 Å². The first-order chi connectivity index (χ1) is 22.0. The van der Waals surface area contributed by atoms with Gasteiger partial charge in [-0.05, 0) is 81.8 Å². The molecule has 0 N–H and O–H groups in total. The van der Waals surface area contributed by atoms with Gasteiger partial charge in [0.1, 0.15) is 17.0 Å². The second-order valence-corrected chi connectivity index (χ2v) is 12.4. The van der Waals surface area contributed by atoms with Gasteiger partial charge in [0, 0.05) is 62.8 Å². The molecule has 0 spiro atoms. The third kappa shape index (κ3) is 7.34. The zero-order valence-electron chi connectivity index (χ0n) is 27.0. The zero-order valence-corrected chi connectivity index (χ0v) is 27.0. The van der Waals surface area contributed by atoms with Crippen molar-refractivity contribution in [2.45, 2.75) is 39.5 Å². The lowest BCUT2D eigenvalue weighted by Crippen LogP contribution is -2.51. The van der Waals surface area contributed by atoms with E-state index in [1.165, 1.54) is 18.1 Å². The number of nitrogens with zero attached hydrogens (tertiary/aromatic N) is 5. The molecule has 1 aliphatic rings. The van der Waals surface area contributed by atoms with Gasteiger partial charge >= 0.3 is 12.3 Å². The summed E-state index contributed by atoms with van der Waals surface area (Å²) >= 11 is 0. The Morgan fingerprint density at radius 2 is 1.53 bits per heavy atom. The number of pyridine rings is 1. The Morgan fingerprint density at radius 3 is 2.13 bits per heavy atom. The molecule has 47 heavy (non-hydrogen) atoms. The van der Waals surface area contributed by atoms with Gasteiger partial charge in [-0.3, -0.25) is 9.59 Å². The van der Waals surface area contributed by atoms with Crippen LogP contribution in [0.1, 0.15) is 52.7 Å². The molecule has 0 atom stereocenters. The Morgan fingerprint density at radius 1 is 0.894 bits per heavy atom. The number of piperazine rings is 1. The van der Waals surface area contributed by atoms with Gasteiger partial charge in [-0.2, -0.15) is 13.2 Å². The molecule has 248 valence electrons. The highest BCUT2D eigenvalue weighted by atomic mass is 19.4. The van der Waals surface area contributed by atoms with Crippen LogP contribution in [0.25, 0.3) is 10.9 Å². The lowest BCUT2D eigenvalue weighted by molar-refractivity contribution is -0.137. The summed E-state index contributed by atoms with van der Waals surface area (Å²) in [5.74, 6) is 0.137. The van der Waals surface area contributed by atoms with Crippen LogP contribution >= 0.6 is 0 Å². The molecule has 0 saturated carbocycles. The SMILES string of the molecule is Cc1cc(Oc2ccc3c(c2)cc(C(=O)N2CCN(C(=O)OC(C)(C)C)CC2)n3C)ncc1N(C)C(=O)c1ccc(C(F)(F)F)cc1. The van der Waals surface area contributed by atoms with E-state index in [4.69, 9.17) is 9.47 Å². The van der Waals surface area contributed by atoms with Crippen LogP contribution in [0.15, 0.2) is 60.8 Å². The predicted octanol–water partition coefficient (Wildman–Crippen LogP) is 6.66. The Kier molecular flexibility index (Phi) is 8.94. The number of benzene rings is 2. The molecule has 3 amide bonds. The second-order valence-electron chi connectivity index (χ2n) is 12.4. The fraction of sp³-hybridized carbons (Fsp3) is 0.353. The first-order valence-electron chi connectivity index (χ1n) is 15.0. The van der Waals surface area contributed by atoms with E-state index in [0.717, 1.165) is 35.2 Å². The fourth-order valence-corrected chi connectivity index (χ4v) is 5.33. The molecule has 2 aromatic heterocycles. The second kappa shape index (κ2) is 12.6. The quantitative estimate of drug-likeness (QED) is 0.240. The molecule has 1 fully saturated rings. The first kappa shape index (κ1) is 33.3. The number of aryl methyl sites for hydroxylation is 2. The minimum Gasteiger partial charge on any atom is -0.444 e. The first-order valence-corrected chi connectivity index (χ1v) is 15.0. The summed E-state index contributed by atoms with van der Waals surface area (Å²) in [6.07, 6.45) is -3.41. The molecule has 5 rings (SSSR count). The number of rotatable bonds is 5. The summed E-state index contributed by atoms with van der Waals surface area (Å²) in [6.45, 7) is 8.76. The van der Waals surface area contributed by atoms with Crippen LogP contribution in [0.4, 0.5) is 23.7 Å². The molecule has 0 radical (unpaired) electrons. The van der Waals surface area contributed by atoms with Crippen LogP contribution in [-0.4, -0.2) is 76.1 Å². The maximum absolute atomic E-state index is 13.4. The van der Waals surface area contributed by atoms with E-state index in [2.05, 4.69) is 4.98 Å². The smallest absolute Gasteiger partial charge is 0.416 e. The highest BCUT2D eigenvalue weighted by Crippen LogP contribution is 2.31. The van der Waals surface area contributed by atoms with E-state index >= 15 is 0 Å². The summed E-state index contributed by atoms with van der Waals surface area (Å²) in [6, 6.07) is 12.9. The third-order valence-electron chi connectivity index (χ3n) is 7.86. The lowest BCUT2D eigenvalue weighted by Gasteiger charge is -2.35. The molecule has 0 unspecified atom stereocenters. The molecule has 0 aliphatic carbocycles. The number of carbonyl (C=O) groups excluding carboxylic acids is 3. The van der Waals surface area contributed by atoms with Crippen molar-refractivity contribution in [2.75, 3.05) is 38.1 Å². The van der Waals surface area contributed by atoms with Gasteiger partial charge in [-0.1, -0.05) is 0 Å². The summed E-state index contributed by atoms with van der Waals surface area (Å²) in [7, 11) is 3.34. The number of ether oxygens (including phenoxy) is 2. The number of halogens is 3. The standard InChI is InChI=1S/C34H36F3N5O5/c1-21-17-29(38-20-28(21)40(6)30(43)22-7-9-24(10-8-22)34(35,36)37)46-25-11-12-26-23(18-25)19-27(39(26)5)31(44)41-13-15-42(16-14-41)32(45)47-33(2,3)4/h7-12,17-20H,13-16H2,1-6H3. The number of carbonyl (C=O) groups is 3. The Balaban J connectivity index is 1.25. The fourth-order valence-electron chi connectivity index (χ4n) is 5.33. The van der Waals surface area contributed by atoms with E-state index in [0.29, 0.717) is 48.9 Å². The minimum atomic E-state index is -4.49. The monoisotopic (exact) mass is 651 g/mol. The summed E-state index contributed by atoms with van der Waals surface area (Å²) < 4.78 is 52.0. The van der Waals surface area contributed by atoms with Gasteiger partial charge in [0.15, 0.2) is 0 Å². The molecule has 0 bridgehead atoms. The van der Waals surface area contributed by atoms with Crippen molar-refractivity contribution in [3.05, 3.63) is 83.2 Å². The van der Waals surface area contributed by atoms with Crippen molar-refractivity contribution in [3.8, 4) is 11.6 Å². The van der Waals surface area contributed by atoms with Gasteiger partial charge in [0.05, 0.1) is 17.4 Å². The van der Waals surface area contributed by atoms with Gasteiger partial charge in [-0.25, -0.2) is 9.78 Å². The Hall–Kier alpha value is -5.07. The highest BCUT2D eigenvalue weighted by Gasteiger charge is 2.31. The lowest BCUT2D eigenvalue weighted by atomic mass is 10.1. The molecule has 2 aromatic carbocycles. The summed E-state index contributed by atoms with van der Waals surface area (Å²) in [4.78, 5) is 47.8. The van der Waals surface area contributed by atoms with Gasteiger partial charge < -0.3 is 28.7 Å². The number of alkyl halides is 3. The highest BCUT2D eigenvalue weighted by molar-refractivity contribution is 6.06. The molecular formula is C34H36F3N5O5. The number of fused-ring (bicyclic) bond motifs is 1. The largest absolute Gasteiger partial charge is 0.444 e. The molecule has 10 nitrogen and oxygen atoms in total. The third-order valence-corrected chi connectivity index (χ3v) is 7.86.